The maximum atomic E-state index is 15.4. The lowest BCUT2D eigenvalue weighted by atomic mass is 9.83. The van der Waals surface area contributed by atoms with Crippen LogP contribution >= 0.6 is 0 Å². The molecule has 39 heavy (non-hydrogen) atoms. The van der Waals surface area contributed by atoms with Gasteiger partial charge in [-0.25, -0.2) is 14.4 Å². The summed E-state index contributed by atoms with van der Waals surface area (Å²) in [5.41, 5.74) is -3.70. The molecule has 0 bridgehead atoms. The van der Waals surface area contributed by atoms with Crippen molar-refractivity contribution in [3.63, 3.8) is 0 Å². The molecular weight excluding hydrogens is 513 g/mol. The zero-order valence-corrected chi connectivity index (χ0v) is 22.8. The average Bonchev–Trinajstić information content (AvgIpc) is 3.03. The van der Waals surface area contributed by atoms with Crippen LogP contribution < -0.4 is 10.2 Å². The minimum atomic E-state index is -3.85. The van der Waals surface area contributed by atoms with E-state index in [1.54, 1.807) is 40.0 Å². The first-order chi connectivity index (χ1) is 18.0. The molecule has 0 saturated heterocycles. The van der Waals surface area contributed by atoms with Crippen LogP contribution in [0.1, 0.15) is 63.2 Å². The third kappa shape index (κ3) is 4.38. The van der Waals surface area contributed by atoms with Gasteiger partial charge in [0.1, 0.15) is 23.1 Å². The zero-order chi connectivity index (χ0) is 29.1. The number of likely N-dealkylation sites (N-methyl/N-ethyl adjacent to an activating group) is 1. The maximum Gasteiger partial charge on any atom is 0.326 e. The summed E-state index contributed by atoms with van der Waals surface area (Å²) < 4.78 is 50.3. The largest absolute Gasteiger partial charge is 0.465 e. The number of aromatic nitrogens is 2. The third-order valence-electron chi connectivity index (χ3n) is 7.20. The third-order valence-corrected chi connectivity index (χ3v) is 7.20. The van der Waals surface area contributed by atoms with Crippen LogP contribution in [0.4, 0.5) is 24.7 Å². The number of benzene rings is 2. The molecule has 1 aromatic heterocycles. The van der Waals surface area contributed by atoms with Crippen molar-refractivity contribution in [3.8, 4) is 0 Å². The van der Waals surface area contributed by atoms with Gasteiger partial charge in [-0.15, -0.1) is 0 Å². The molecule has 11 heteroatoms. The van der Waals surface area contributed by atoms with E-state index in [4.69, 9.17) is 4.74 Å². The number of alkyl halides is 2. The number of halogens is 3. The minimum Gasteiger partial charge on any atom is -0.465 e. The normalized spacial score (nSPS) is 18.3. The number of aryl methyl sites for hydroxylation is 1. The van der Waals surface area contributed by atoms with Gasteiger partial charge >= 0.3 is 11.9 Å². The quantitative estimate of drug-likeness (QED) is 0.322. The summed E-state index contributed by atoms with van der Waals surface area (Å²) in [5.74, 6) is -5.50. The van der Waals surface area contributed by atoms with Crippen LogP contribution in [0.2, 0.25) is 0 Å². The van der Waals surface area contributed by atoms with Gasteiger partial charge in [-0.1, -0.05) is 12.1 Å². The molecule has 2 aromatic carbocycles. The van der Waals surface area contributed by atoms with Gasteiger partial charge in [-0.2, -0.15) is 8.78 Å². The Bertz CT molecular complexity index is 1490. The lowest BCUT2D eigenvalue weighted by Gasteiger charge is -2.30. The molecule has 3 aromatic rings. The lowest BCUT2D eigenvalue weighted by molar-refractivity contribution is -0.170. The highest BCUT2D eigenvalue weighted by molar-refractivity contribution is 6.21. The van der Waals surface area contributed by atoms with E-state index in [2.05, 4.69) is 15.3 Å². The van der Waals surface area contributed by atoms with E-state index in [0.29, 0.717) is 28.0 Å². The van der Waals surface area contributed by atoms with Gasteiger partial charge in [0.2, 0.25) is 5.91 Å². The van der Waals surface area contributed by atoms with Crippen LogP contribution in [0, 0.1) is 12.7 Å². The van der Waals surface area contributed by atoms with Crippen LogP contribution in [0.15, 0.2) is 30.3 Å². The average molecular weight is 545 g/mol. The van der Waals surface area contributed by atoms with E-state index < -0.39 is 46.2 Å². The number of ether oxygens (including phenoxy) is 1. The number of rotatable bonds is 7. The van der Waals surface area contributed by atoms with Gasteiger partial charge in [0.05, 0.1) is 29.4 Å². The molecule has 2 heterocycles. The minimum absolute atomic E-state index is 0.0618. The monoisotopic (exact) mass is 544 g/mol. The Labute approximate surface area is 224 Å². The van der Waals surface area contributed by atoms with Crippen LogP contribution in [0.5, 0.6) is 0 Å². The van der Waals surface area contributed by atoms with Gasteiger partial charge in [0.15, 0.2) is 5.41 Å². The zero-order valence-electron chi connectivity index (χ0n) is 22.8. The molecule has 2 N–H and O–H groups in total. The van der Waals surface area contributed by atoms with Crippen molar-refractivity contribution in [2.75, 3.05) is 23.9 Å². The number of hydrogen-bond donors (Lipinski definition) is 2. The number of carbonyl (C=O) groups is 2. The Balaban J connectivity index is 1.82. The summed E-state index contributed by atoms with van der Waals surface area (Å²) in [6.07, 6.45) is 0. The van der Waals surface area contributed by atoms with Gasteiger partial charge in [0, 0.05) is 23.6 Å². The number of aliphatic hydroxyl groups is 1. The maximum absolute atomic E-state index is 15.4. The SMILES string of the molecule is CCOC(=O)[C@@]1(C)C(=O)N(C)c2cc3nc(C)nc(N[C@H](C)c4cccc(C(F)(F)C(C)(C)O)c4F)c3cc21. The first-order valence-corrected chi connectivity index (χ1v) is 12.5. The number of fused-ring (bicyclic) bond motifs is 2. The standard InChI is InChI=1S/C28H31F3N4O4/c1-8-39-25(37)27(6)19-12-17-20(13-21(19)35(7)24(27)36)33-15(3)34-23(17)32-14(2)16-10-9-11-18(22(16)29)28(30,31)26(4,5)38/h9-14,38H,8H2,1-7H3,(H,32,33,34)/t14-,27-/m1/s1. The fourth-order valence-electron chi connectivity index (χ4n) is 4.84. The Morgan fingerprint density at radius 3 is 2.54 bits per heavy atom. The summed E-state index contributed by atoms with van der Waals surface area (Å²) in [7, 11) is 1.56. The number of nitrogens with zero attached hydrogens (tertiary/aromatic N) is 3. The molecule has 208 valence electrons. The first-order valence-electron chi connectivity index (χ1n) is 12.5. The van der Waals surface area contributed by atoms with E-state index in [1.807, 2.05) is 0 Å². The highest BCUT2D eigenvalue weighted by atomic mass is 19.3. The van der Waals surface area contributed by atoms with Gasteiger partial charge in [0.25, 0.3) is 0 Å². The predicted molar refractivity (Wildman–Crippen MR) is 140 cm³/mol. The number of carbonyl (C=O) groups excluding carboxylic acids is 2. The van der Waals surface area contributed by atoms with Crippen LogP contribution in [-0.2, 0) is 25.7 Å². The van der Waals surface area contributed by atoms with E-state index in [-0.39, 0.29) is 18.0 Å². The van der Waals surface area contributed by atoms with Gasteiger partial charge < -0.3 is 20.1 Å². The summed E-state index contributed by atoms with van der Waals surface area (Å²) in [6, 6.07) is 6.08. The summed E-state index contributed by atoms with van der Waals surface area (Å²) >= 11 is 0. The number of hydrogen-bond acceptors (Lipinski definition) is 7. The molecule has 0 aliphatic carbocycles. The topological polar surface area (TPSA) is 105 Å². The van der Waals surface area contributed by atoms with Crippen molar-refractivity contribution in [2.24, 2.45) is 0 Å². The fraction of sp³-hybridized carbons (Fsp3) is 0.429. The smallest absolute Gasteiger partial charge is 0.326 e. The van der Waals surface area contributed by atoms with Crippen molar-refractivity contribution < 1.29 is 32.6 Å². The summed E-state index contributed by atoms with van der Waals surface area (Å²) in [4.78, 5) is 36.4. The van der Waals surface area contributed by atoms with Crippen molar-refractivity contribution in [2.45, 2.75) is 64.5 Å². The van der Waals surface area contributed by atoms with Gasteiger partial charge in [-0.3, -0.25) is 9.59 Å². The molecule has 0 spiro atoms. The molecule has 1 aliphatic heterocycles. The number of amides is 1. The summed E-state index contributed by atoms with van der Waals surface area (Å²) in [6.45, 7) is 8.32. The molecule has 4 rings (SSSR count). The molecule has 1 amide bonds. The molecule has 1 aliphatic rings. The van der Waals surface area contributed by atoms with Crippen LogP contribution in [0.3, 0.4) is 0 Å². The molecule has 0 fully saturated rings. The Morgan fingerprint density at radius 1 is 1.26 bits per heavy atom. The highest BCUT2D eigenvalue weighted by Crippen LogP contribution is 2.45. The van der Waals surface area contributed by atoms with Crippen molar-refractivity contribution in [1.29, 1.82) is 0 Å². The second-order valence-corrected chi connectivity index (χ2v) is 10.4. The second-order valence-electron chi connectivity index (χ2n) is 10.4. The van der Waals surface area contributed by atoms with Crippen molar-refractivity contribution >= 4 is 34.3 Å². The number of anilines is 2. The molecular formula is C28H31F3N4O4. The molecule has 8 nitrogen and oxygen atoms in total. The van der Waals surface area contributed by atoms with E-state index in [0.717, 1.165) is 19.9 Å². The molecule has 0 unspecified atom stereocenters. The molecule has 0 radical (unpaired) electrons. The van der Waals surface area contributed by atoms with E-state index >= 15 is 4.39 Å². The number of nitrogens with one attached hydrogen (secondary N) is 1. The first kappa shape index (κ1) is 28.3. The van der Waals surface area contributed by atoms with Crippen LogP contribution in [-0.4, -0.2) is 46.2 Å². The van der Waals surface area contributed by atoms with E-state index in [9.17, 15) is 23.5 Å². The Morgan fingerprint density at radius 2 is 1.92 bits per heavy atom. The Kier molecular flexibility index (Phi) is 6.87. The van der Waals surface area contributed by atoms with Crippen molar-refractivity contribution in [3.05, 3.63) is 58.7 Å². The Hall–Kier alpha value is -3.73. The number of esters is 1. The van der Waals surface area contributed by atoms with Crippen molar-refractivity contribution in [1.82, 2.24) is 9.97 Å². The lowest BCUT2D eigenvalue weighted by Crippen LogP contribution is -2.43. The van der Waals surface area contributed by atoms with Gasteiger partial charge in [-0.05, 0) is 59.7 Å². The van der Waals surface area contributed by atoms with Crippen LogP contribution in [0.25, 0.3) is 10.9 Å². The second kappa shape index (κ2) is 9.48. The summed E-state index contributed by atoms with van der Waals surface area (Å²) in [5, 5.41) is 13.5. The fourth-order valence-corrected chi connectivity index (χ4v) is 4.84. The molecule has 0 saturated carbocycles. The highest BCUT2D eigenvalue weighted by Gasteiger charge is 2.53. The molecule has 2 atom stereocenters. The predicted octanol–water partition coefficient (Wildman–Crippen LogP) is 4.91. The van der Waals surface area contributed by atoms with E-state index in [1.165, 1.54) is 24.0 Å².